The summed E-state index contributed by atoms with van der Waals surface area (Å²) in [5, 5.41) is 10.7. The van der Waals surface area contributed by atoms with Gasteiger partial charge in [0.05, 0.1) is 26.0 Å². The third-order valence-electron chi connectivity index (χ3n) is 1.59. The van der Waals surface area contributed by atoms with E-state index in [1.807, 2.05) is 0 Å². The summed E-state index contributed by atoms with van der Waals surface area (Å²) in [4.78, 5) is 31.9. The molecule has 4 N–H and O–H groups in total. The van der Waals surface area contributed by atoms with Gasteiger partial charge in [-0.25, -0.2) is 0 Å². The smallest absolute Gasteiger partial charge is 0.307 e. The summed E-state index contributed by atoms with van der Waals surface area (Å²) in [6.45, 7) is 0.0822. The molecule has 0 spiro atoms. The molecule has 0 aromatic heterocycles. The quantitative estimate of drug-likeness (QED) is 0.465. The van der Waals surface area contributed by atoms with Crippen molar-refractivity contribution in [2.75, 3.05) is 13.7 Å². The van der Waals surface area contributed by atoms with E-state index in [-0.39, 0.29) is 13.0 Å². The fraction of sp³-hybridized carbons (Fsp3) is 0.625. The van der Waals surface area contributed by atoms with Gasteiger partial charge in [-0.05, 0) is 0 Å². The summed E-state index contributed by atoms with van der Waals surface area (Å²) < 4.78 is 4.34. The Hall–Kier alpha value is -1.63. The molecule has 1 atom stereocenters. The van der Waals surface area contributed by atoms with Crippen LogP contribution in [0.5, 0.6) is 0 Å². The highest BCUT2D eigenvalue weighted by Crippen LogP contribution is 1.89. The molecule has 0 rings (SSSR count). The number of methoxy groups -OCH3 is 1. The monoisotopic (exact) mass is 218 g/mol. The summed E-state index contributed by atoms with van der Waals surface area (Å²) >= 11 is 0. The summed E-state index contributed by atoms with van der Waals surface area (Å²) in [7, 11) is 1.24. The van der Waals surface area contributed by atoms with E-state index >= 15 is 0 Å². The van der Waals surface area contributed by atoms with Gasteiger partial charge in [0.25, 0.3) is 0 Å². The second kappa shape index (κ2) is 6.77. The molecule has 0 aromatic carbocycles. The molecule has 0 saturated carbocycles. The molecule has 0 aliphatic heterocycles. The minimum atomic E-state index is -1.15. The van der Waals surface area contributed by atoms with Crippen LogP contribution >= 0.6 is 0 Å². The van der Waals surface area contributed by atoms with E-state index in [9.17, 15) is 14.4 Å². The van der Waals surface area contributed by atoms with E-state index in [2.05, 4.69) is 10.1 Å². The Kier molecular flexibility index (Phi) is 6.03. The molecule has 0 aliphatic rings. The average molecular weight is 218 g/mol. The van der Waals surface area contributed by atoms with Crippen LogP contribution in [0.3, 0.4) is 0 Å². The molecule has 15 heavy (non-hydrogen) atoms. The number of carboxylic acids is 1. The predicted octanol–water partition coefficient (Wildman–Crippen LogP) is -1.53. The van der Waals surface area contributed by atoms with E-state index < -0.39 is 30.3 Å². The minimum absolute atomic E-state index is 0.0298. The third kappa shape index (κ3) is 6.44. The Balaban J connectivity index is 3.73. The topological polar surface area (TPSA) is 119 Å². The maximum absolute atomic E-state index is 11.1. The number of carbonyl (C=O) groups is 3. The van der Waals surface area contributed by atoms with E-state index in [0.29, 0.717) is 0 Å². The molecule has 7 heteroatoms. The molecule has 1 amide bonds. The highest BCUT2D eigenvalue weighted by molar-refractivity contribution is 5.86. The first-order chi connectivity index (χ1) is 6.97. The number of nitrogens with one attached hydrogen (secondary N) is 1. The van der Waals surface area contributed by atoms with Gasteiger partial charge in [0.15, 0.2) is 0 Å². The first kappa shape index (κ1) is 13.4. The van der Waals surface area contributed by atoms with Crippen LogP contribution in [0.15, 0.2) is 0 Å². The zero-order valence-electron chi connectivity index (χ0n) is 8.36. The fourth-order valence-corrected chi connectivity index (χ4v) is 0.802. The predicted molar refractivity (Wildman–Crippen MR) is 49.9 cm³/mol. The van der Waals surface area contributed by atoms with Gasteiger partial charge in [0.1, 0.15) is 0 Å². The van der Waals surface area contributed by atoms with Gasteiger partial charge >= 0.3 is 11.9 Å². The number of esters is 1. The van der Waals surface area contributed by atoms with Crippen molar-refractivity contribution < 1.29 is 24.2 Å². The number of amides is 1. The number of aliphatic carboxylic acids is 1. The van der Waals surface area contributed by atoms with Crippen LogP contribution in [0.4, 0.5) is 0 Å². The zero-order chi connectivity index (χ0) is 11.8. The van der Waals surface area contributed by atoms with Crippen molar-refractivity contribution in [3.8, 4) is 0 Å². The van der Waals surface area contributed by atoms with Crippen molar-refractivity contribution in [3.05, 3.63) is 0 Å². The molecule has 0 saturated heterocycles. The summed E-state index contributed by atoms with van der Waals surface area (Å²) in [6.07, 6.45) is -0.411. The first-order valence-electron chi connectivity index (χ1n) is 4.29. The summed E-state index contributed by atoms with van der Waals surface area (Å²) in [5.41, 5.74) is 5.26. The number of carbonyl (C=O) groups excluding carboxylic acids is 2. The average Bonchev–Trinajstić information content (AvgIpc) is 2.16. The molecule has 0 heterocycles. The lowest BCUT2D eigenvalue weighted by Crippen LogP contribution is -2.42. The Morgan fingerprint density at radius 2 is 2.07 bits per heavy atom. The number of rotatable bonds is 6. The van der Waals surface area contributed by atoms with Gasteiger partial charge in [0, 0.05) is 6.54 Å². The van der Waals surface area contributed by atoms with Crippen molar-refractivity contribution in [1.29, 1.82) is 0 Å². The first-order valence-corrected chi connectivity index (χ1v) is 4.29. The SMILES string of the molecule is COC(=O)CCNC(=O)C(N)CC(=O)O. The van der Waals surface area contributed by atoms with Crippen LogP contribution in [0.25, 0.3) is 0 Å². The molecule has 0 fully saturated rings. The van der Waals surface area contributed by atoms with Crippen molar-refractivity contribution in [3.63, 3.8) is 0 Å². The van der Waals surface area contributed by atoms with Crippen molar-refractivity contribution >= 4 is 17.8 Å². The maximum atomic E-state index is 11.1. The van der Waals surface area contributed by atoms with E-state index in [1.54, 1.807) is 0 Å². The summed E-state index contributed by atoms with van der Waals surface area (Å²) in [5.74, 6) is -2.20. The Labute approximate surface area is 86.6 Å². The van der Waals surface area contributed by atoms with Gasteiger partial charge in [-0.15, -0.1) is 0 Å². The summed E-state index contributed by atoms with van der Waals surface area (Å²) in [6, 6.07) is -1.10. The number of hydrogen-bond donors (Lipinski definition) is 3. The lowest BCUT2D eigenvalue weighted by atomic mass is 10.2. The number of nitrogens with two attached hydrogens (primary N) is 1. The fourth-order valence-electron chi connectivity index (χ4n) is 0.802. The van der Waals surface area contributed by atoms with Gasteiger partial charge in [0.2, 0.25) is 5.91 Å². The van der Waals surface area contributed by atoms with Crippen LogP contribution < -0.4 is 11.1 Å². The number of hydrogen-bond acceptors (Lipinski definition) is 5. The van der Waals surface area contributed by atoms with E-state index in [0.717, 1.165) is 0 Å². The van der Waals surface area contributed by atoms with Gasteiger partial charge in [-0.2, -0.15) is 0 Å². The Bertz CT molecular complexity index is 253. The molecular weight excluding hydrogens is 204 g/mol. The second-order valence-electron chi connectivity index (χ2n) is 2.82. The molecule has 0 aliphatic carbocycles. The number of ether oxygens (including phenoxy) is 1. The molecule has 0 bridgehead atoms. The van der Waals surface area contributed by atoms with Gasteiger partial charge < -0.3 is 20.9 Å². The van der Waals surface area contributed by atoms with Gasteiger partial charge in [-0.1, -0.05) is 0 Å². The standard InChI is InChI=1S/C8H14N2O5/c1-15-7(13)2-3-10-8(14)5(9)4-6(11)12/h5H,2-4,9H2,1H3,(H,10,14)(H,11,12). The second-order valence-corrected chi connectivity index (χ2v) is 2.82. The molecule has 7 nitrogen and oxygen atoms in total. The van der Waals surface area contributed by atoms with Crippen LogP contribution in [0.2, 0.25) is 0 Å². The van der Waals surface area contributed by atoms with Crippen molar-refractivity contribution in [1.82, 2.24) is 5.32 Å². The lowest BCUT2D eigenvalue weighted by molar-refractivity contribution is -0.141. The van der Waals surface area contributed by atoms with Crippen LogP contribution in [-0.2, 0) is 19.1 Å². The Morgan fingerprint density at radius 1 is 1.47 bits per heavy atom. The third-order valence-corrected chi connectivity index (χ3v) is 1.59. The molecule has 1 unspecified atom stereocenters. The van der Waals surface area contributed by atoms with Crippen molar-refractivity contribution in [2.24, 2.45) is 5.73 Å². The van der Waals surface area contributed by atoms with E-state index in [1.165, 1.54) is 7.11 Å². The van der Waals surface area contributed by atoms with Crippen LogP contribution in [0, 0.1) is 0 Å². The Morgan fingerprint density at radius 3 is 2.53 bits per heavy atom. The van der Waals surface area contributed by atoms with Crippen molar-refractivity contribution in [2.45, 2.75) is 18.9 Å². The molecule has 86 valence electrons. The number of carboxylic acid groups (broad SMARTS) is 1. The molecule has 0 aromatic rings. The van der Waals surface area contributed by atoms with Gasteiger partial charge in [-0.3, -0.25) is 14.4 Å². The largest absolute Gasteiger partial charge is 0.481 e. The maximum Gasteiger partial charge on any atom is 0.307 e. The van der Waals surface area contributed by atoms with Crippen LogP contribution in [0.1, 0.15) is 12.8 Å². The minimum Gasteiger partial charge on any atom is -0.481 e. The molecule has 0 radical (unpaired) electrons. The normalized spacial score (nSPS) is 11.6. The highest BCUT2D eigenvalue weighted by atomic mass is 16.5. The highest BCUT2D eigenvalue weighted by Gasteiger charge is 2.16. The molecular formula is C8H14N2O5. The zero-order valence-corrected chi connectivity index (χ0v) is 8.36. The van der Waals surface area contributed by atoms with E-state index in [4.69, 9.17) is 10.8 Å². The van der Waals surface area contributed by atoms with Crippen LogP contribution in [-0.4, -0.2) is 42.6 Å². The lowest BCUT2D eigenvalue weighted by Gasteiger charge is -2.09.